The monoisotopic (exact) mass is 406 g/mol. The van der Waals surface area contributed by atoms with Crippen LogP contribution in [0.25, 0.3) is 10.9 Å². The van der Waals surface area contributed by atoms with Crippen molar-refractivity contribution in [1.29, 1.82) is 0 Å². The van der Waals surface area contributed by atoms with Crippen molar-refractivity contribution in [2.45, 2.75) is 12.3 Å². The molecule has 1 atom stereocenters. The highest BCUT2D eigenvalue weighted by atomic mass is 79.9. The molecule has 0 fully saturated rings. The first-order valence-corrected chi connectivity index (χ1v) is 8.83. The molecule has 2 nitrogen and oxygen atoms in total. The minimum atomic E-state index is 0.402. The summed E-state index contributed by atoms with van der Waals surface area (Å²) in [6.07, 6.45) is 0.926. The molecule has 0 radical (unpaired) electrons. The van der Waals surface area contributed by atoms with Crippen LogP contribution in [0.4, 0.5) is 0 Å². The van der Waals surface area contributed by atoms with Gasteiger partial charge in [-0.2, -0.15) is 5.10 Å². The average Bonchev–Trinajstić information content (AvgIpc) is 2.82. The first kappa shape index (κ1) is 14.8. The number of hydrogen-bond donors (Lipinski definition) is 0. The number of benzene rings is 2. The number of halogens is 2. The summed E-state index contributed by atoms with van der Waals surface area (Å²) >= 11 is 7.32. The lowest BCUT2D eigenvalue weighted by Gasteiger charge is -2.15. The number of alkyl halides is 1. The van der Waals surface area contributed by atoms with Crippen LogP contribution in [0.2, 0.25) is 0 Å². The van der Waals surface area contributed by atoms with Gasteiger partial charge in [0, 0.05) is 28.2 Å². The SMILES string of the molecule is Cn1nc(CC(CBr)c2ccccc2Br)c2ccccc21. The van der Waals surface area contributed by atoms with E-state index >= 15 is 0 Å². The molecule has 108 valence electrons. The van der Waals surface area contributed by atoms with E-state index in [1.54, 1.807) is 0 Å². The van der Waals surface area contributed by atoms with Crippen molar-refractivity contribution in [1.82, 2.24) is 9.78 Å². The summed E-state index contributed by atoms with van der Waals surface area (Å²) in [5.41, 5.74) is 3.67. The van der Waals surface area contributed by atoms with Gasteiger partial charge in [-0.25, -0.2) is 0 Å². The van der Waals surface area contributed by atoms with Crippen molar-refractivity contribution in [3.05, 3.63) is 64.3 Å². The second kappa shape index (κ2) is 6.32. The molecule has 0 bridgehead atoms. The molecule has 0 amide bonds. The van der Waals surface area contributed by atoms with Gasteiger partial charge in [0.1, 0.15) is 0 Å². The van der Waals surface area contributed by atoms with Crippen LogP contribution in [0.5, 0.6) is 0 Å². The maximum atomic E-state index is 4.71. The van der Waals surface area contributed by atoms with E-state index in [2.05, 4.69) is 80.4 Å². The molecule has 3 rings (SSSR count). The van der Waals surface area contributed by atoms with Crippen LogP contribution in [0.1, 0.15) is 17.2 Å². The largest absolute Gasteiger partial charge is 0.268 e. The second-order valence-corrected chi connectivity index (χ2v) is 6.67. The molecule has 0 aliphatic heterocycles. The Kier molecular flexibility index (Phi) is 4.45. The molecular formula is C17H16Br2N2. The fourth-order valence-electron chi connectivity index (χ4n) is 2.73. The van der Waals surface area contributed by atoms with Gasteiger partial charge in [-0.3, -0.25) is 4.68 Å². The van der Waals surface area contributed by atoms with Crippen LogP contribution >= 0.6 is 31.9 Å². The van der Waals surface area contributed by atoms with Crippen molar-refractivity contribution < 1.29 is 0 Å². The van der Waals surface area contributed by atoms with Crippen molar-refractivity contribution >= 4 is 42.8 Å². The summed E-state index contributed by atoms with van der Waals surface area (Å²) in [4.78, 5) is 0. The number of hydrogen-bond acceptors (Lipinski definition) is 1. The van der Waals surface area contributed by atoms with E-state index < -0.39 is 0 Å². The topological polar surface area (TPSA) is 17.8 Å². The molecule has 1 aromatic heterocycles. The van der Waals surface area contributed by atoms with E-state index in [4.69, 9.17) is 5.10 Å². The Morgan fingerprint density at radius 1 is 1.10 bits per heavy atom. The Morgan fingerprint density at radius 3 is 2.57 bits per heavy atom. The van der Waals surface area contributed by atoms with Gasteiger partial charge < -0.3 is 0 Å². The van der Waals surface area contributed by atoms with Gasteiger partial charge in [-0.1, -0.05) is 68.3 Å². The number of fused-ring (bicyclic) bond motifs is 1. The maximum Gasteiger partial charge on any atom is 0.0709 e. The lowest BCUT2D eigenvalue weighted by atomic mass is 9.95. The molecular weight excluding hydrogens is 392 g/mol. The Bertz CT molecular complexity index is 764. The number of aryl methyl sites for hydroxylation is 1. The fourth-order valence-corrected chi connectivity index (χ4v) is 3.91. The zero-order valence-electron chi connectivity index (χ0n) is 11.8. The molecule has 0 saturated heterocycles. The summed E-state index contributed by atoms with van der Waals surface area (Å²) in [5, 5.41) is 6.88. The Hall–Kier alpha value is -1.13. The van der Waals surface area contributed by atoms with Crippen molar-refractivity contribution in [3.63, 3.8) is 0 Å². The standard InChI is InChI=1S/C17H16Br2N2/c1-21-17-9-5-3-7-14(17)16(20-21)10-12(11-18)13-6-2-4-8-15(13)19/h2-9,12H,10-11H2,1H3. The molecule has 0 saturated carbocycles. The van der Waals surface area contributed by atoms with E-state index in [1.165, 1.54) is 16.5 Å². The van der Waals surface area contributed by atoms with Gasteiger partial charge in [0.05, 0.1) is 11.2 Å². The van der Waals surface area contributed by atoms with Crippen LogP contribution in [-0.4, -0.2) is 15.1 Å². The number of nitrogens with zero attached hydrogens (tertiary/aromatic N) is 2. The van der Waals surface area contributed by atoms with Gasteiger partial charge >= 0.3 is 0 Å². The highest BCUT2D eigenvalue weighted by Crippen LogP contribution is 2.31. The first-order valence-electron chi connectivity index (χ1n) is 6.91. The molecule has 0 aliphatic carbocycles. The predicted octanol–water partition coefficient (Wildman–Crippen LogP) is 5.06. The van der Waals surface area contributed by atoms with Gasteiger partial charge in [-0.15, -0.1) is 0 Å². The minimum absolute atomic E-state index is 0.402. The Labute approximate surface area is 141 Å². The molecule has 21 heavy (non-hydrogen) atoms. The molecule has 4 heteroatoms. The predicted molar refractivity (Wildman–Crippen MR) is 95.1 cm³/mol. The van der Waals surface area contributed by atoms with E-state index in [0.717, 1.165) is 21.9 Å². The summed E-state index contributed by atoms with van der Waals surface area (Å²) < 4.78 is 3.13. The summed E-state index contributed by atoms with van der Waals surface area (Å²) in [7, 11) is 2.01. The van der Waals surface area contributed by atoms with E-state index in [0.29, 0.717) is 5.92 Å². The molecule has 1 heterocycles. The van der Waals surface area contributed by atoms with E-state index in [9.17, 15) is 0 Å². The smallest absolute Gasteiger partial charge is 0.0709 e. The third kappa shape index (κ3) is 2.92. The van der Waals surface area contributed by atoms with Crippen LogP contribution in [0.3, 0.4) is 0 Å². The molecule has 3 aromatic rings. The van der Waals surface area contributed by atoms with Gasteiger partial charge in [-0.05, 0) is 24.1 Å². The lowest BCUT2D eigenvalue weighted by Crippen LogP contribution is -2.06. The van der Waals surface area contributed by atoms with Crippen LogP contribution in [0, 0.1) is 0 Å². The molecule has 0 aliphatic rings. The van der Waals surface area contributed by atoms with Crippen LogP contribution < -0.4 is 0 Å². The quantitative estimate of drug-likeness (QED) is 0.553. The zero-order chi connectivity index (χ0) is 14.8. The second-order valence-electron chi connectivity index (χ2n) is 5.16. The van der Waals surface area contributed by atoms with E-state index in [-0.39, 0.29) is 0 Å². The van der Waals surface area contributed by atoms with E-state index in [1.807, 2.05) is 11.7 Å². The average molecular weight is 408 g/mol. The third-order valence-electron chi connectivity index (χ3n) is 3.81. The third-order valence-corrected chi connectivity index (χ3v) is 5.31. The Morgan fingerprint density at radius 2 is 1.81 bits per heavy atom. The van der Waals surface area contributed by atoms with Gasteiger partial charge in [0.15, 0.2) is 0 Å². The summed E-state index contributed by atoms with van der Waals surface area (Å²) in [6.45, 7) is 0. The highest BCUT2D eigenvalue weighted by molar-refractivity contribution is 9.10. The number of rotatable bonds is 4. The van der Waals surface area contributed by atoms with Crippen molar-refractivity contribution in [2.75, 3.05) is 5.33 Å². The first-order chi connectivity index (χ1) is 10.2. The molecule has 2 aromatic carbocycles. The normalized spacial score (nSPS) is 12.7. The van der Waals surface area contributed by atoms with Gasteiger partial charge in [0.25, 0.3) is 0 Å². The van der Waals surface area contributed by atoms with Gasteiger partial charge in [0.2, 0.25) is 0 Å². The zero-order valence-corrected chi connectivity index (χ0v) is 14.9. The highest BCUT2D eigenvalue weighted by Gasteiger charge is 2.17. The number of aromatic nitrogens is 2. The summed E-state index contributed by atoms with van der Waals surface area (Å²) in [6, 6.07) is 16.8. The molecule has 1 unspecified atom stereocenters. The van der Waals surface area contributed by atoms with Crippen molar-refractivity contribution in [3.8, 4) is 0 Å². The summed E-state index contributed by atoms with van der Waals surface area (Å²) in [5.74, 6) is 0.402. The van der Waals surface area contributed by atoms with Crippen molar-refractivity contribution in [2.24, 2.45) is 7.05 Å². The fraction of sp³-hybridized carbons (Fsp3) is 0.235. The van der Waals surface area contributed by atoms with Crippen LogP contribution in [-0.2, 0) is 13.5 Å². The number of para-hydroxylation sites is 1. The molecule has 0 N–H and O–H groups in total. The Balaban J connectivity index is 1.99. The van der Waals surface area contributed by atoms with Crippen LogP contribution in [0.15, 0.2) is 53.0 Å². The minimum Gasteiger partial charge on any atom is -0.268 e. The maximum absolute atomic E-state index is 4.71. The lowest BCUT2D eigenvalue weighted by molar-refractivity contribution is 0.710. The molecule has 0 spiro atoms.